The first kappa shape index (κ1) is 14.1. The summed E-state index contributed by atoms with van der Waals surface area (Å²) in [5, 5.41) is 3.73. The van der Waals surface area contributed by atoms with Crippen LogP contribution in [0.15, 0.2) is 18.2 Å². The number of carbonyl (C=O) groups excluding carboxylic acids is 1. The minimum absolute atomic E-state index is 0.101. The summed E-state index contributed by atoms with van der Waals surface area (Å²) in [5.41, 5.74) is 6.81. The van der Waals surface area contributed by atoms with Crippen molar-refractivity contribution in [3.05, 3.63) is 23.8 Å². The van der Waals surface area contributed by atoms with Crippen LogP contribution >= 0.6 is 11.8 Å². The second kappa shape index (κ2) is 6.19. The van der Waals surface area contributed by atoms with Crippen LogP contribution in [0.5, 0.6) is 5.75 Å². The van der Waals surface area contributed by atoms with Crippen molar-refractivity contribution in [1.29, 1.82) is 0 Å². The normalized spacial score (nSPS) is 22.2. The van der Waals surface area contributed by atoms with Crippen molar-refractivity contribution < 1.29 is 9.53 Å². The van der Waals surface area contributed by atoms with Crippen molar-refractivity contribution in [2.45, 2.75) is 30.6 Å². The van der Waals surface area contributed by atoms with Crippen LogP contribution in [0.1, 0.15) is 29.6 Å². The van der Waals surface area contributed by atoms with Gasteiger partial charge in [-0.3, -0.25) is 4.79 Å². The summed E-state index contributed by atoms with van der Waals surface area (Å²) in [6, 6.07) is 5.50. The number of ether oxygens (including phenoxy) is 1. The second-order valence-corrected chi connectivity index (χ2v) is 5.91. The van der Waals surface area contributed by atoms with Gasteiger partial charge in [0.2, 0.25) is 0 Å². The lowest BCUT2D eigenvalue weighted by Crippen LogP contribution is -2.33. The van der Waals surface area contributed by atoms with Crippen molar-refractivity contribution in [3.8, 4) is 5.75 Å². The van der Waals surface area contributed by atoms with Crippen LogP contribution in [0, 0.1) is 0 Å². The van der Waals surface area contributed by atoms with Crippen molar-refractivity contribution in [2.24, 2.45) is 0 Å². The van der Waals surface area contributed by atoms with Gasteiger partial charge >= 0.3 is 0 Å². The predicted octanol–water partition coefficient (Wildman–Crippen LogP) is 2.29. The fraction of sp³-hybridized carbons (Fsp3) is 0.500. The highest BCUT2D eigenvalue weighted by atomic mass is 32.2. The lowest BCUT2D eigenvalue weighted by Gasteiger charge is -2.15. The van der Waals surface area contributed by atoms with Crippen LogP contribution in [-0.2, 0) is 0 Å². The molecule has 1 aliphatic carbocycles. The zero-order valence-electron chi connectivity index (χ0n) is 11.3. The van der Waals surface area contributed by atoms with Crippen molar-refractivity contribution in [1.82, 2.24) is 5.32 Å². The Morgan fingerprint density at radius 2 is 2.26 bits per heavy atom. The highest BCUT2D eigenvalue weighted by Gasteiger charge is 2.26. The monoisotopic (exact) mass is 280 g/mol. The summed E-state index contributed by atoms with van der Waals surface area (Å²) < 4.78 is 5.21. The Labute approximate surface area is 118 Å². The lowest BCUT2D eigenvalue weighted by molar-refractivity contribution is 0.0935. The van der Waals surface area contributed by atoms with E-state index in [-0.39, 0.29) is 11.9 Å². The fourth-order valence-electron chi connectivity index (χ4n) is 2.51. The first-order valence-corrected chi connectivity index (χ1v) is 7.70. The molecule has 0 spiro atoms. The first-order valence-electron chi connectivity index (χ1n) is 6.41. The highest BCUT2D eigenvalue weighted by molar-refractivity contribution is 7.99. The molecule has 1 aromatic carbocycles. The minimum Gasteiger partial charge on any atom is -0.494 e. The molecule has 0 aromatic heterocycles. The van der Waals surface area contributed by atoms with Crippen molar-refractivity contribution in [2.75, 3.05) is 19.1 Å². The standard InChI is InChI=1S/C14H20N2O2S/c1-18-13-11(4-3-5-12(13)15)14(17)16-9-6-7-10(8-9)19-2/h3-5,9-10H,6-8,15H2,1-2H3,(H,16,17). The summed E-state index contributed by atoms with van der Waals surface area (Å²) in [7, 11) is 1.53. The van der Waals surface area contributed by atoms with Gasteiger partial charge in [-0.05, 0) is 37.7 Å². The summed E-state index contributed by atoms with van der Waals surface area (Å²) in [6.07, 6.45) is 5.37. The molecule has 104 valence electrons. The SMILES string of the molecule is COc1c(N)cccc1C(=O)NC1CCC(SC)C1. The molecule has 0 aliphatic heterocycles. The zero-order valence-corrected chi connectivity index (χ0v) is 12.1. The van der Waals surface area contributed by atoms with E-state index in [1.807, 2.05) is 11.8 Å². The number of methoxy groups -OCH3 is 1. The third-order valence-electron chi connectivity index (χ3n) is 3.55. The molecule has 0 heterocycles. The molecule has 1 aromatic rings. The lowest BCUT2D eigenvalue weighted by atomic mass is 10.1. The smallest absolute Gasteiger partial charge is 0.255 e. The molecule has 2 atom stereocenters. The number of thioether (sulfide) groups is 1. The summed E-state index contributed by atoms with van der Waals surface area (Å²) in [6.45, 7) is 0. The quantitative estimate of drug-likeness (QED) is 0.831. The van der Waals surface area contributed by atoms with E-state index in [0.29, 0.717) is 22.3 Å². The third-order valence-corrected chi connectivity index (χ3v) is 4.64. The zero-order chi connectivity index (χ0) is 13.8. The van der Waals surface area contributed by atoms with E-state index < -0.39 is 0 Å². The number of rotatable bonds is 4. The highest BCUT2D eigenvalue weighted by Crippen LogP contribution is 2.30. The number of nitrogens with one attached hydrogen (secondary N) is 1. The number of carbonyl (C=O) groups is 1. The van der Waals surface area contributed by atoms with Gasteiger partial charge in [0, 0.05) is 11.3 Å². The molecule has 0 saturated heterocycles. The average molecular weight is 280 g/mol. The van der Waals surface area contributed by atoms with E-state index in [2.05, 4.69) is 11.6 Å². The molecule has 2 unspecified atom stereocenters. The molecule has 19 heavy (non-hydrogen) atoms. The van der Waals surface area contributed by atoms with Crippen LogP contribution in [0.2, 0.25) is 0 Å². The van der Waals surface area contributed by atoms with E-state index >= 15 is 0 Å². The Balaban J connectivity index is 2.06. The topological polar surface area (TPSA) is 64.3 Å². The Morgan fingerprint density at radius 1 is 1.47 bits per heavy atom. The number of nitrogens with two attached hydrogens (primary N) is 1. The minimum atomic E-state index is -0.101. The van der Waals surface area contributed by atoms with E-state index in [1.165, 1.54) is 13.5 Å². The first-order chi connectivity index (χ1) is 9.15. The Kier molecular flexibility index (Phi) is 4.58. The van der Waals surface area contributed by atoms with Gasteiger partial charge in [-0.1, -0.05) is 6.07 Å². The summed E-state index contributed by atoms with van der Waals surface area (Å²) in [4.78, 5) is 12.3. The molecular formula is C14H20N2O2S. The Morgan fingerprint density at radius 3 is 2.89 bits per heavy atom. The van der Waals surface area contributed by atoms with Crippen LogP contribution in [0.25, 0.3) is 0 Å². The van der Waals surface area contributed by atoms with Crippen molar-refractivity contribution >= 4 is 23.4 Å². The largest absolute Gasteiger partial charge is 0.494 e. The van der Waals surface area contributed by atoms with Gasteiger partial charge in [0.1, 0.15) is 0 Å². The molecule has 1 saturated carbocycles. The number of hydrogen-bond acceptors (Lipinski definition) is 4. The molecule has 5 heteroatoms. The van der Waals surface area contributed by atoms with Gasteiger partial charge in [0.05, 0.1) is 18.4 Å². The molecule has 0 radical (unpaired) electrons. The van der Waals surface area contributed by atoms with E-state index in [9.17, 15) is 4.79 Å². The van der Waals surface area contributed by atoms with Gasteiger partial charge < -0.3 is 15.8 Å². The fourth-order valence-corrected chi connectivity index (χ4v) is 3.31. The maximum atomic E-state index is 12.3. The molecule has 1 amide bonds. The molecule has 4 nitrogen and oxygen atoms in total. The van der Waals surface area contributed by atoms with Crippen LogP contribution < -0.4 is 15.8 Å². The molecule has 3 N–H and O–H groups in total. The second-order valence-electron chi connectivity index (χ2n) is 4.77. The van der Waals surface area contributed by atoms with Crippen LogP contribution in [0.4, 0.5) is 5.69 Å². The van der Waals surface area contributed by atoms with Crippen LogP contribution in [-0.4, -0.2) is 30.6 Å². The average Bonchev–Trinajstić information content (AvgIpc) is 2.86. The summed E-state index contributed by atoms with van der Waals surface area (Å²) in [5.74, 6) is 0.357. The number of benzene rings is 1. The van der Waals surface area contributed by atoms with Gasteiger partial charge in [-0.15, -0.1) is 0 Å². The van der Waals surface area contributed by atoms with Gasteiger partial charge in [0.25, 0.3) is 5.91 Å². The number of nitrogen functional groups attached to an aromatic ring is 1. The van der Waals surface area contributed by atoms with E-state index in [1.54, 1.807) is 18.2 Å². The Bertz CT molecular complexity index is 465. The molecule has 1 aliphatic rings. The Hall–Kier alpha value is -1.36. The molecular weight excluding hydrogens is 260 g/mol. The van der Waals surface area contributed by atoms with Gasteiger partial charge in [-0.2, -0.15) is 11.8 Å². The maximum Gasteiger partial charge on any atom is 0.255 e. The molecule has 1 fully saturated rings. The number of amides is 1. The van der Waals surface area contributed by atoms with Crippen molar-refractivity contribution in [3.63, 3.8) is 0 Å². The van der Waals surface area contributed by atoms with E-state index in [4.69, 9.17) is 10.5 Å². The molecule has 2 rings (SSSR count). The third kappa shape index (κ3) is 3.15. The number of anilines is 1. The summed E-state index contributed by atoms with van der Waals surface area (Å²) >= 11 is 1.87. The maximum absolute atomic E-state index is 12.3. The van der Waals surface area contributed by atoms with Gasteiger partial charge in [-0.25, -0.2) is 0 Å². The molecule has 0 bridgehead atoms. The number of para-hydroxylation sites is 1. The van der Waals surface area contributed by atoms with Gasteiger partial charge in [0.15, 0.2) is 5.75 Å². The number of hydrogen-bond donors (Lipinski definition) is 2. The van der Waals surface area contributed by atoms with E-state index in [0.717, 1.165) is 12.8 Å². The van der Waals surface area contributed by atoms with Crippen LogP contribution in [0.3, 0.4) is 0 Å². The predicted molar refractivity (Wildman–Crippen MR) is 79.8 cm³/mol.